The Morgan fingerprint density at radius 2 is 1.57 bits per heavy atom. The molecule has 0 bridgehead atoms. The molecule has 0 spiro atoms. The number of para-hydroxylation sites is 1. The zero-order valence-corrected chi connectivity index (χ0v) is 27.4. The molecular weight excluding hydrogens is 652 g/mol. The van der Waals surface area contributed by atoms with Crippen molar-refractivity contribution < 1.29 is 32.3 Å². The van der Waals surface area contributed by atoms with E-state index in [2.05, 4.69) is 5.32 Å². The number of carbonyl (C=O) groups is 3. The fourth-order valence-electron chi connectivity index (χ4n) is 5.97. The molecule has 1 saturated heterocycles. The van der Waals surface area contributed by atoms with Gasteiger partial charge in [-0.15, -0.1) is 0 Å². The van der Waals surface area contributed by atoms with Crippen molar-refractivity contribution in [2.45, 2.75) is 55.1 Å². The molecule has 8 nitrogen and oxygen atoms in total. The molecule has 1 fully saturated rings. The normalized spacial score (nSPS) is 19.4. The molecule has 1 aromatic heterocycles. The predicted octanol–water partition coefficient (Wildman–Crippen LogP) is 6.67. The van der Waals surface area contributed by atoms with Crippen LogP contribution in [0.4, 0.5) is 24.5 Å². The van der Waals surface area contributed by atoms with Crippen molar-refractivity contribution in [3.05, 3.63) is 104 Å². The van der Waals surface area contributed by atoms with E-state index in [0.29, 0.717) is 31.8 Å². The van der Waals surface area contributed by atoms with Crippen molar-refractivity contribution in [1.29, 1.82) is 0 Å². The minimum atomic E-state index is -4.81. The largest absolute Gasteiger partial charge is 0.497 e. The Morgan fingerprint density at radius 1 is 0.915 bits per heavy atom. The second-order valence-electron chi connectivity index (χ2n) is 12.3. The van der Waals surface area contributed by atoms with Crippen molar-refractivity contribution in [1.82, 2.24) is 4.57 Å². The standard InChI is InChI=1S/C34H30F3N3O5S2/c1-33(2,3)19-11-9-18(10-12-19)25-26-27(30(43)40(29(26)42)23-8-6-5-7-22(23)34(35,36)37)46-31-28(25)47-32(44)39(31)17-24(41)38-20-13-15-21(45-4)16-14-20/h5-16,25-27H,17H2,1-4H3,(H,38,41)/t25-,26-,27+/m0/s1. The maximum absolute atomic E-state index is 14.1. The fourth-order valence-corrected chi connectivity index (χ4v) is 8.74. The third-order valence-electron chi connectivity index (χ3n) is 8.31. The number of fused-ring (bicyclic) bond motifs is 2. The summed E-state index contributed by atoms with van der Waals surface area (Å²) in [7, 11) is 1.52. The number of halogens is 3. The molecule has 3 amide bonds. The van der Waals surface area contributed by atoms with E-state index in [9.17, 15) is 32.3 Å². The molecule has 13 heteroatoms. The van der Waals surface area contributed by atoms with Gasteiger partial charge in [0, 0.05) is 16.5 Å². The summed E-state index contributed by atoms with van der Waals surface area (Å²) in [5, 5.41) is 1.95. The minimum Gasteiger partial charge on any atom is -0.497 e. The lowest BCUT2D eigenvalue weighted by molar-refractivity contribution is -0.137. The number of alkyl halides is 3. The lowest BCUT2D eigenvalue weighted by Crippen LogP contribution is -2.33. The first kappa shape index (κ1) is 32.6. The summed E-state index contributed by atoms with van der Waals surface area (Å²) in [4.78, 5) is 55.3. The average Bonchev–Trinajstić information content (AvgIpc) is 3.46. The van der Waals surface area contributed by atoms with Gasteiger partial charge in [-0.3, -0.25) is 23.7 Å². The number of ether oxygens (including phenoxy) is 1. The van der Waals surface area contributed by atoms with Crippen molar-refractivity contribution >= 4 is 52.2 Å². The number of amides is 3. The van der Waals surface area contributed by atoms with E-state index in [1.54, 1.807) is 24.3 Å². The number of rotatable bonds is 6. The van der Waals surface area contributed by atoms with E-state index in [1.807, 2.05) is 45.0 Å². The van der Waals surface area contributed by atoms with Gasteiger partial charge in [0.25, 0.3) is 0 Å². The van der Waals surface area contributed by atoms with Gasteiger partial charge in [-0.25, -0.2) is 4.90 Å². The molecule has 3 aromatic carbocycles. The van der Waals surface area contributed by atoms with Gasteiger partial charge >= 0.3 is 11.0 Å². The first-order valence-electron chi connectivity index (χ1n) is 14.7. The van der Waals surface area contributed by atoms with Gasteiger partial charge in [0.2, 0.25) is 17.7 Å². The Kier molecular flexibility index (Phi) is 8.33. The number of thiazole rings is 1. The van der Waals surface area contributed by atoms with E-state index in [0.717, 1.165) is 40.8 Å². The van der Waals surface area contributed by atoms with Crippen LogP contribution in [0, 0.1) is 5.92 Å². The minimum absolute atomic E-state index is 0.183. The highest BCUT2D eigenvalue weighted by Crippen LogP contribution is 2.54. The highest BCUT2D eigenvalue weighted by atomic mass is 32.2. The number of thioether (sulfide) groups is 1. The Labute approximate surface area is 276 Å². The number of hydrogen-bond donors (Lipinski definition) is 1. The van der Waals surface area contributed by atoms with Gasteiger partial charge < -0.3 is 10.1 Å². The van der Waals surface area contributed by atoms with Crippen molar-refractivity contribution in [2.75, 3.05) is 17.3 Å². The number of benzene rings is 3. The number of nitrogens with zero attached hydrogens (tertiary/aromatic N) is 2. The smallest absolute Gasteiger partial charge is 0.418 e. The number of nitrogens with one attached hydrogen (secondary N) is 1. The van der Waals surface area contributed by atoms with E-state index >= 15 is 0 Å². The van der Waals surface area contributed by atoms with Gasteiger partial charge in [-0.2, -0.15) is 13.2 Å². The Balaban J connectivity index is 1.43. The number of anilines is 2. The monoisotopic (exact) mass is 681 g/mol. The molecule has 2 aliphatic heterocycles. The second-order valence-corrected chi connectivity index (χ2v) is 14.5. The molecule has 0 saturated carbocycles. The highest BCUT2D eigenvalue weighted by Gasteiger charge is 2.57. The van der Waals surface area contributed by atoms with Crippen LogP contribution in [0.3, 0.4) is 0 Å². The van der Waals surface area contributed by atoms with Crippen molar-refractivity contribution in [2.24, 2.45) is 5.92 Å². The maximum atomic E-state index is 14.1. The first-order chi connectivity index (χ1) is 22.2. The fraction of sp³-hybridized carbons (Fsp3) is 0.294. The molecule has 3 heterocycles. The summed E-state index contributed by atoms with van der Waals surface area (Å²) in [6, 6.07) is 18.6. The van der Waals surface area contributed by atoms with Crippen LogP contribution in [0.2, 0.25) is 0 Å². The van der Waals surface area contributed by atoms with Crippen molar-refractivity contribution in [3.8, 4) is 5.75 Å². The van der Waals surface area contributed by atoms with E-state index in [-0.39, 0.29) is 12.0 Å². The lowest BCUT2D eigenvalue weighted by Gasteiger charge is -2.31. The van der Waals surface area contributed by atoms with E-state index < -0.39 is 57.1 Å². The molecule has 0 radical (unpaired) electrons. The molecular formula is C34H30F3N3O5S2. The number of aromatic nitrogens is 1. The van der Waals surface area contributed by atoms with Crippen LogP contribution in [0.1, 0.15) is 48.3 Å². The summed E-state index contributed by atoms with van der Waals surface area (Å²) in [5.74, 6) is -3.38. The summed E-state index contributed by atoms with van der Waals surface area (Å²) < 4.78 is 48.5. The highest BCUT2D eigenvalue weighted by molar-refractivity contribution is 8.00. The Hall–Kier alpha value is -4.36. The molecule has 47 heavy (non-hydrogen) atoms. The van der Waals surface area contributed by atoms with Crippen LogP contribution >= 0.6 is 23.1 Å². The lowest BCUT2D eigenvalue weighted by atomic mass is 9.81. The molecule has 244 valence electrons. The SMILES string of the molecule is COc1ccc(NC(=O)Cn2c3c(sc2=O)[C@@H](c2ccc(C(C)(C)C)cc2)[C@@H]2C(=O)N(c4ccccc4C(F)(F)F)C(=O)[C@@H]2S3)cc1. The van der Waals surface area contributed by atoms with Gasteiger partial charge in [0.15, 0.2) is 0 Å². The second kappa shape index (κ2) is 12.0. The molecule has 0 unspecified atom stereocenters. The quantitative estimate of drug-likeness (QED) is 0.229. The summed E-state index contributed by atoms with van der Waals surface area (Å²) >= 11 is 1.81. The van der Waals surface area contributed by atoms with Gasteiger partial charge in [-0.1, -0.05) is 80.3 Å². The van der Waals surface area contributed by atoms with Crippen LogP contribution in [0.15, 0.2) is 82.6 Å². The first-order valence-corrected chi connectivity index (χ1v) is 16.4. The van der Waals surface area contributed by atoms with Crippen LogP contribution in [0.25, 0.3) is 0 Å². The van der Waals surface area contributed by atoms with Gasteiger partial charge in [-0.05, 0) is 52.9 Å². The Morgan fingerprint density at radius 3 is 2.19 bits per heavy atom. The summed E-state index contributed by atoms with van der Waals surface area (Å²) in [6.07, 6.45) is -4.81. The van der Waals surface area contributed by atoms with Crippen LogP contribution in [0.5, 0.6) is 5.75 Å². The van der Waals surface area contributed by atoms with Crippen LogP contribution in [-0.2, 0) is 32.5 Å². The van der Waals surface area contributed by atoms with Gasteiger partial charge in [0.05, 0.1) is 29.3 Å². The van der Waals surface area contributed by atoms with Crippen LogP contribution in [-0.4, -0.2) is 34.6 Å². The third kappa shape index (κ3) is 5.98. The Bertz CT molecular complexity index is 1930. The maximum Gasteiger partial charge on any atom is 0.418 e. The molecule has 2 aliphatic rings. The third-order valence-corrected chi connectivity index (χ3v) is 10.9. The average molecular weight is 682 g/mol. The predicted molar refractivity (Wildman–Crippen MR) is 174 cm³/mol. The molecule has 3 atom stereocenters. The number of methoxy groups -OCH3 is 1. The van der Waals surface area contributed by atoms with Crippen LogP contribution < -0.4 is 19.8 Å². The van der Waals surface area contributed by atoms with E-state index in [4.69, 9.17) is 4.74 Å². The number of hydrogen-bond acceptors (Lipinski definition) is 7. The summed E-state index contributed by atoms with van der Waals surface area (Å²) in [5.41, 5.74) is 0.311. The van der Waals surface area contributed by atoms with Gasteiger partial charge in [0.1, 0.15) is 17.5 Å². The molecule has 0 aliphatic carbocycles. The summed E-state index contributed by atoms with van der Waals surface area (Å²) in [6.45, 7) is 5.77. The topological polar surface area (TPSA) is 97.7 Å². The zero-order chi connectivity index (χ0) is 33.8. The molecule has 1 N–H and O–H groups in total. The number of imide groups is 1. The zero-order valence-electron chi connectivity index (χ0n) is 25.8. The number of carbonyl (C=O) groups excluding carboxylic acids is 3. The van der Waals surface area contributed by atoms with E-state index in [1.165, 1.54) is 23.8 Å². The van der Waals surface area contributed by atoms with Crippen molar-refractivity contribution in [3.63, 3.8) is 0 Å². The molecule has 4 aromatic rings. The molecule has 6 rings (SSSR count).